The molecule has 37 heavy (non-hydrogen) atoms. The van der Waals surface area contributed by atoms with E-state index in [1.807, 2.05) is 42.5 Å². The van der Waals surface area contributed by atoms with Crippen molar-refractivity contribution in [1.29, 1.82) is 0 Å². The maximum absolute atomic E-state index is 13.2. The molecule has 1 aromatic carbocycles. The Morgan fingerprint density at radius 1 is 1.08 bits per heavy atom. The van der Waals surface area contributed by atoms with E-state index in [0.717, 1.165) is 48.1 Å². The third kappa shape index (κ3) is 4.07. The van der Waals surface area contributed by atoms with Gasteiger partial charge in [-0.25, -0.2) is 9.78 Å². The fourth-order valence-electron chi connectivity index (χ4n) is 5.21. The lowest BCUT2D eigenvalue weighted by Crippen LogP contribution is -2.40. The second-order valence-corrected chi connectivity index (χ2v) is 9.35. The third-order valence-electron chi connectivity index (χ3n) is 7.08. The van der Waals surface area contributed by atoms with Crippen LogP contribution in [0.2, 0.25) is 0 Å². The van der Waals surface area contributed by atoms with Gasteiger partial charge in [-0.05, 0) is 37.1 Å². The molecule has 0 unspecified atom stereocenters. The number of piperidine rings is 1. The summed E-state index contributed by atoms with van der Waals surface area (Å²) in [5.41, 5.74) is 4.14. The van der Waals surface area contributed by atoms with Crippen LogP contribution in [0.5, 0.6) is 0 Å². The van der Waals surface area contributed by atoms with Gasteiger partial charge in [0, 0.05) is 55.3 Å². The molecule has 4 aromatic heterocycles. The van der Waals surface area contributed by atoms with Crippen LogP contribution in [0.4, 0.5) is 0 Å². The molecular weight excluding hydrogens is 468 g/mol. The second kappa shape index (κ2) is 9.25. The number of aromatic nitrogens is 5. The summed E-state index contributed by atoms with van der Waals surface area (Å²) in [4.78, 5) is 44.7. The smallest absolute Gasteiger partial charge is 0.329 e. The zero-order valence-electron chi connectivity index (χ0n) is 20.5. The Hall–Kier alpha value is -4.37. The highest BCUT2D eigenvalue weighted by Crippen LogP contribution is 2.30. The van der Waals surface area contributed by atoms with Crippen molar-refractivity contribution in [2.24, 2.45) is 0 Å². The van der Waals surface area contributed by atoms with Crippen LogP contribution in [-0.2, 0) is 4.74 Å². The Morgan fingerprint density at radius 3 is 2.68 bits per heavy atom. The SMILES string of the molecule is C=C(COC)N1CCC(n2c(=O)[nH]c(=O)c3cnc4ccc(-c5cnc6ccccc6c5)nc4c32)CC1. The van der Waals surface area contributed by atoms with E-state index in [1.54, 1.807) is 17.9 Å². The maximum atomic E-state index is 13.2. The van der Waals surface area contributed by atoms with Crippen molar-refractivity contribution < 1.29 is 4.74 Å². The van der Waals surface area contributed by atoms with Crippen molar-refractivity contribution in [1.82, 2.24) is 29.4 Å². The molecule has 0 saturated carbocycles. The average Bonchev–Trinajstić information content (AvgIpc) is 2.93. The minimum absolute atomic E-state index is 0.100. The maximum Gasteiger partial charge on any atom is 0.329 e. The van der Waals surface area contributed by atoms with Crippen molar-refractivity contribution in [3.05, 3.63) is 88.0 Å². The summed E-state index contributed by atoms with van der Waals surface area (Å²) < 4.78 is 6.92. The van der Waals surface area contributed by atoms with Gasteiger partial charge in [0.15, 0.2) is 0 Å². The number of fused-ring (bicyclic) bond motifs is 4. The van der Waals surface area contributed by atoms with Crippen LogP contribution < -0.4 is 11.2 Å². The summed E-state index contributed by atoms with van der Waals surface area (Å²) in [7, 11) is 1.65. The van der Waals surface area contributed by atoms with Gasteiger partial charge >= 0.3 is 5.69 Å². The molecule has 5 heterocycles. The molecule has 0 bridgehead atoms. The van der Waals surface area contributed by atoms with Crippen LogP contribution in [-0.4, -0.2) is 56.2 Å². The summed E-state index contributed by atoms with van der Waals surface area (Å²) in [6, 6.07) is 13.6. The fourth-order valence-corrected chi connectivity index (χ4v) is 5.21. The van der Waals surface area contributed by atoms with Gasteiger partial charge in [0.2, 0.25) is 0 Å². The van der Waals surface area contributed by atoms with Crippen molar-refractivity contribution >= 4 is 32.8 Å². The highest BCUT2D eigenvalue weighted by Gasteiger charge is 2.25. The van der Waals surface area contributed by atoms with Crippen molar-refractivity contribution in [3.8, 4) is 11.3 Å². The summed E-state index contributed by atoms with van der Waals surface area (Å²) in [5, 5.41) is 1.35. The van der Waals surface area contributed by atoms with Gasteiger partial charge < -0.3 is 9.64 Å². The van der Waals surface area contributed by atoms with Crippen LogP contribution in [0.15, 0.2) is 76.7 Å². The molecule has 0 aliphatic carbocycles. The topological polar surface area (TPSA) is 106 Å². The molecule has 5 aromatic rings. The first kappa shape index (κ1) is 23.1. The van der Waals surface area contributed by atoms with Crippen molar-refractivity contribution in [2.45, 2.75) is 18.9 Å². The monoisotopic (exact) mass is 494 g/mol. The molecule has 0 atom stereocenters. The number of benzene rings is 1. The Labute approximate surface area is 212 Å². The van der Waals surface area contributed by atoms with E-state index in [9.17, 15) is 9.59 Å². The van der Waals surface area contributed by atoms with Gasteiger partial charge in [-0.1, -0.05) is 24.8 Å². The molecule has 9 nitrogen and oxygen atoms in total. The van der Waals surface area contributed by atoms with Crippen LogP contribution in [0, 0.1) is 0 Å². The first-order chi connectivity index (χ1) is 18.0. The molecule has 1 fully saturated rings. The molecular formula is C28H26N6O3. The number of pyridine rings is 3. The largest absolute Gasteiger partial charge is 0.379 e. The average molecular weight is 495 g/mol. The molecule has 1 aliphatic heterocycles. The number of nitrogens with one attached hydrogen (secondary N) is 1. The highest BCUT2D eigenvalue weighted by molar-refractivity contribution is 6.01. The van der Waals surface area contributed by atoms with E-state index < -0.39 is 11.2 Å². The molecule has 0 amide bonds. The van der Waals surface area contributed by atoms with E-state index in [0.29, 0.717) is 34.2 Å². The molecule has 186 valence electrons. The summed E-state index contributed by atoms with van der Waals surface area (Å²) in [6.07, 6.45) is 4.77. The number of hydrogen-bond acceptors (Lipinski definition) is 7. The van der Waals surface area contributed by atoms with Crippen LogP contribution >= 0.6 is 0 Å². The summed E-state index contributed by atoms with van der Waals surface area (Å²) >= 11 is 0. The lowest BCUT2D eigenvalue weighted by atomic mass is 10.0. The number of para-hydroxylation sites is 1. The van der Waals surface area contributed by atoms with Gasteiger partial charge in [0.05, 0.1) is 34.2 Å². The normalized spacial score (nSPS) is 14.6. The van der Waals surface area contributed by atoms with Gasteiger partial charge in [-0.2, -0.15) is 0 Å². The standard InChI is InChI=1S/C28H26N6O3/c1-17(16-37-2)33-11-9-20(10-12-33)34-26-21(27(35)32-28(34)36)15-30-24-8-7-23(31-25(24)26)19-13-18-5-3-4-6-22(18)29-14-19/h3-8,13-15,20H,1,9-12,16H2,2H3,(H,32,35,36). The molecule has 9 heteroatoms. The number of nitrogens with zero attached hydrogens (tertiary/aromatic N) is 5. The number of rotatable bonds is 5. The lowest BCUT2D eigenvalue weighted by molar-refractivity contribution is 0.163. The number of likely N-dealkylation sites (tertiary alicyclic amines) is 1. The van der Waals surface area contributed by atoms with Crippen LogP contribution in [0.3, 0.4) is 0 Å². The third-order valence-corrected chi connectivity index (χ3v) is 7.08. The Bertz CT molecular complexity index is 1780. The van der Waals surface area contributed by atoms with E-state index in [2.05, 4.69) is 26.4 Å². The summed E-state index contributed by atoms with van der Waals surface area (Å²) in [6.45, 7) is 6.06. The summed E-state index contributed by atoms with van der Waals surface area (Å²) in [5.74, 6) is 0. The number of H-pyrrole nitrogens is 1. The number of hydrogen-bond donors (Lipinski definition) is 1. The number of methoxy groups -OCH3 is 1. The van der Waals surface area contributed by atoms with Gasteiger partial charge in [-0.15, -0.1) is 0 Å². The van der Waals surface area contributed by atoms with Gasteiger partial charge in [0.25, 0.3) is 5.56 Å². The fraction of sp³-hybridized carbons (Fsp3) is 0.250. The molecule has 1 N–H and O–H groups in total. The Morgan fingerprint density at radius 2 is 1.86 bits per heavy atom. The van der Waals surface area contributed by atoms with Gasteiger partial charge in [-0.3, -0.25) is 24.3 Å². The minimum atomic E-state index is -0.462. The first-order valence-electron chi connectivity index (χ1n) is 12.2. The molecule has 0 radical (unpaired) electrons. The lowest BCUT2D eigenvalue weighted by Gasteiger charge is -2.35. The quantitative estimate of drug-likeness (QED) is 0.372. The van der Waals surface area contributed by atoms with E-state index in [4.69, 9.17) is 9.72 Å². The first-order valence-corrected chi connectivity index (χ1v) is 12.2. The highest BCUT2D eigenvalue weighted by atomic mass is 16.5. The zero-order valence-corrected chi connectivity index (χ0v) is 20.5. The van der Waals surface area contributed by atoms with Crippen LogP contribution in [0.25, 0.3) is 44.1 Å². The Kier molecular flexibility index (Phi) is 5.77. The molecule has 1 saturated heterocycles. The van der Waals surface area contributed by atoms with E-state index in [1.165, 1.54) is 6.20 Å². The predicted octanol–water partition coefficient (Wildman–Crippen LogP) is 3.65. The van der Waals surface area contributed by atoms with E-state index >= 15 is 0 Å². The van der Waals surface area contributed by atoms with Crippen molar-refractivity contribution in [3.63, 3.8) is 0 Å². The molecule has 0 spiro atoms. The predicted molar refractivity (Wildman–Crippen MR) is 144 cm³/mol. The van der Waals surface area contributed by atoms with Crippen LogP contribution in [0.1, 0.15) is 18.9 Å². The van der Waals surface area contributed by atoms with E-state index in [-0.39, 0.29) is 6.04 Å². The zero-order chi connectivity index (χ0) is 25.5. The van der Waals surface area contributed by atoms with Crippen molar-refractivity contribution in [2.75, 3.05) is 26.8 Å². The molecule has 1 aliphatic rings. The minimum Gasteiger partial charge on any atom is -0.379 e. The van der Waals surface area contributed by atoms with Gasteiger partial charge in [0.1, 0.15) is 5.52 Å². The second-order valence-electron chi connectivity index (χ2n) is 9.35. The number of ether oxygens (including phenoxy) is 1. The number of aromatic amines is 1. The Balaban J connectivity index is 1.50. The molecule has 6 rings (SSSR count).